The molecule has 0 radical (unpaired) electrons. The molecule has 1 aliphatic rings. The minimum absolute atomic E-state index is 0.110. The molecular weight excluding hydrogens is 310 g/mol. The van der Waals surface area contributed by atoms with Gasteiger partial charge in [-0.05, 0) is 31.7 Å². The van der Waals surface area contributed by atoms with Crippen molar-refractivity contribution < 1.29 is 4.39 Å². The van der Waals surface area contributed by atoms with E-state index in [0.717, 1.165) is 23.4 Å². The minimum Gasteiger partial charge on any atom is -0.326 e. The lowest BCUT2D eigenvalue weighted by Gasteiger charge is -2.23. The highest BCUT2D eigenvalue weighted by molar-refractivity contribution is 6.31. The second kappa shape index (κ2) is 6.13. The standard InChI is InChI=1S/C16H19Cl2FN2/c1-10(17)16-20-14-7-12(18)13(19)8-15(14)21(16)9-11-5-3-2-4-6-11/h7-8,10-11H,2-6,9H2,1H3. The van der Waals surface area contributed by atoms with Gasteiger partial charge in [0.2, 0.25) is 0 Å². The first-order valence-electron chi connectivity index (χ1n) is 7.55. The van der Waals surface area contributed by atoms with Gasteiger partial charge in [-0.2, -0.15) is 0 Å². The van der Waals surface area contributed by atoms with Crippen LogP contribution in [-0.4, -0.2) is 9.55 Å². The summed E-state index contributed by atoms with van der Waals surface area (Å²) >= 11 is 12.1. The van der Waals surface area contributed by atoms with E-state index in [-0.39, 0.29) is 10.4 Å². The maximum atomic E-state index is 13.8. The zero-order valence-corrected chi connectivity index (χ0v) is 13.6. The van der Waals surface area contributed by atoms with Crippen LogP contribution in [0, 0.1) is 11.7 Å². The zero-order valence-electron chi connectivity index (χ0n) is 12.1. The molecule has 1 aromatic carbocycles. The van der Waals surface area contributed by atoms with Crippen LogP contribution in [0.1, 0.15) is 50.2 Å². The number of hydrogen-bond acceptors (Lipinski definition) is 1. The van der Waals surface area contributed by atoms with Crippen LogP contribution in [0.2, 0.25) is 5.02 Å². The number of hydrogen-bond donors (Lipinski definition) is 0. The van der Waals surface area contributed by atoms with Gasteiger partial charge in [-0.15, -0.1) is 11.6 Å². The monoisotopic (exact) mass is 328 g/mol. The number of alkyl halides is 1. The number of nitrogens with zero attached hydrogens (tertiary/aromatic N) is 2. The van der Waals surface area contributed by atoms with Crippen molar-refractivity contribution in [2.75, 3.05) is 0 Å². The minimum atomic E-state index is -0.400. The van der Waals surface area contributed by atoms with Gasteiger partial charge in [0.25, 0.3) is 0 Å². The molecule has 1 fully saturated rings. The maximum Gasteiger partial charge on any atom is 0.144 e. The highest BCUT2D eigenvalue weighted by Crippen LogP contribution is 2.32. The van der Waals surface area contributed by atoms with Gasteiger partial charge in [-0.1, -0.05) is 30.9 Å². The van der Waals surface area contributed by atoms with E-state index in [4.69, 9.17) is 23.2 Å². The summed E-state index contributed by atoms with van der Waals surface area (Å²) in [5, 5.41) is -0.0959. The molecule has 0 spiro atoms. The normalized spacial score (nSPS) is 18.3. The van der Waals surface area contributed by atoms with Gasteiger partial charge in [-0.3, -0.25) is 0 Å². The van der Waals surface area contributed by atoms with Crippen molar-refractivity contribution in [1.29, 1.82) is 0 Å². The molecule has 1 aromatic heterocycles. The number of benzene rings is 1. The number of aromatic nitrogens is 2. The Morgan fingerprint density at radius 2 is 2.05 bits per heavy atom. The Labute approximate surface area is 134 Å². The molecule has 1 saturated carbocycles. The highest BCUT2D eigenvalue weighted by Gasteiger charge is 2.21. The lowest BCUT2D eigenvalue weighted by atomic mass is 9.89. The Kier molecular flexibility index (Phi) is 4.41. The van der Waals surface area contributed by atoms with Crippen LogP contribution in [0.3, 0.4) is 0 Å². The highest BCUT2D eigenvalue weighted by atomic mass is 35.5. The van der Waals surface area contributed by atoms with Crippen LogP contribution < -0.4 is 0 Å². The van der Waals surface area contributed by atoms with E-state index >= 15 is 0 Å². The molecule has 0 aliphatic heterocycles. The van der Waals surface area contributed by atoms with Gasteiger partial charge < -0.3 is 4.57 Å². The largest absolute Gasteiger partial charge is 0.326 e. The van der Waals surface area contributed by atoms with Crippen LogP contribution in [-0.2, 0) is 6.54 Å². The number of fused-ring (bicyclic) bond motifs is 1. The Morgan fingerprint density at radius 1 is 1.33 bits per heavy atom. The van der Waals surface area contributed by atoms with Crippen LogP contribution in [0.25, 0.3) is 11.0 Å². The van der Waals surface area contributed by atoms with Crippen molar-refractivity contribution in [3.05, 3.63) is 28.8 Å². The van der Waals surface area contributed by atoms with E-state index in [1.807, 2.05) is 6.92 Å². The van der Waals surface area contributed by atoms with Gasteiger partial charge in [0, 0.05) is 12.6 Å². The first-order valence-corrected chi connectivity index (χ1v) is 8.37. The average molecular weight is 329 g/mol. The predicted octanol–water partition coefficient (Wildman–Crippen LogP) is 5.71. The molecule has 5 heteroatoms. The molecule has 2 aromatic rings. The molecule has 0 amide bonds. The van der Waals surface area contributed by atoms with Gasteiger partial charge >= 0.3 is 0 Å². The molecular formula is C16H19Cl2FN2. The average Bonchev–Trinajstić information content (AvgIpc) is 2.79. The quantitative estimate of drug-likeness (QED) is 0.660. The van der Waals surface area contributed by atoms with Crippen molar-refractivity contribution in [3.63, 3.8) is 0 Å². The molecule has 114 valence electrons. The smallest absolute Gasteiger partial charge is 0.144 e. The summed E-state index contributed by atoms with van der Waals surface area (Å²) in [5.74, 6) is 1.03. The van der Waals surface area contributed by atoms with E-state index in [0.29, 0.717) is 5.92 Å². The van der Waals surface area contributed by atoms with E-state index in [1.54, 1.807) is 6.07 Å². The molecule has 1 unspecified atom stereocenters. The van der Waals surface area contributed by atoms with Crippen molar-refractivity contribution in [2.24, 2.45) is 5.92 Å². The maximum absolute atomic E-state index is 13.8. The molecule has 2 nitrogen and oxygen atoms in total. The van der Waals surface area contributed by atoms with Gasteiger partial charge in [0.05, 0.1) is 21.4 Å². The number of halogens is 3. The van der Waals surface area contributed by atoms with E-state index in [2.05, 4.69) is 9.55 Å². The van der Waals surface area contributed by atoms with Crippen LogP contribution in [0.15, 0.2) is 12.1 Å². The van der Waals surface area contributed by atoms with Crippen LogP contribution in [0.5, 0.6) is 0 Å². The van der Waals surface area contributed by atoms with Crippen molar-refractivity contribution in [3.8, 4) is 0 Å². The topological polar surface area (TPSA) is 17.8 Å². The molecule has 0 bridgehead atoms. The molecule has 1 aliphatic carbocycles. The molecule has 0 saturated heterocycles. The number of rotatable bonds is 3. The molecule has 21 heavy (non-hydrogen) atoms. The third kappa shape index (κ3) is 3.04. The first-order chi connectivity index (χ1) is 10.1. The summed E-state index contributed by atoms with van der Waals surface area (Å²) in [4.78, 5) is 4.56. The fourth-order valence-electron chi connectivity index (χ4n) is 3.26. The second-order valence-corrected chi connectivity index (χ2v) is 7.02. The predicted molar refractivity (Wildman–Crippen MR) is 85.5 cm³/mol. The summed E-state index contributed by atoms with van der Waals surface area (Å²) in [6.45, 7) is 2.77. The third-order valence-electron chi connectivity index (χ3n) is 4.34. The summed E-state index contributed by atoms with van der Waals surface area (Å²) in [5.41, 5.74) is 1.52. The van der Waals surface area contributed by atoms with E-state index in [1.165, 1.54) is 38.2 Å². The molecule has 1 heterocycles. The van der Waals surface area contributed by atoms with Gasteiger partial charge in [-0.25, -0.2) is 9.37 Å². The lowest BCUT2D eigenvalue weighted by molar-refractivity contribution is 0.319. The van der Waals surface area contributed by atoms with Gasteiger partial charge in [0.1, 0.15) is 11.6 Å². The SMILES string of the molecule is CC(Cl)c1nc2cc(Cl)c(F)cc2n1CC1CCCCC1. The summed E-state index contributed by atoms with van der Waals surface area (Å²) in [7, 11) is 0. The number of imidazole rings is 1. The van der Waals surface area contributed by atoms with Gasteiger partial charge in [0.15, 0.2) is 0 Å². The van der Waals surface area contributed by atoms with E-state index in [9.17, 15) is 4.39 Å². The summed E-state index contributed by atoms with van der Waals surface area (Å²) in [6.07, 6.45) is 6.34. The third-order valence-corrected chi connectivity index (χ3v) is 4.83. The summed E-state index contributed by atoms with van der Waals surface area (Å²) in [6, 6.07) is 3.07. The molecule has 3 rings (SSSR count). The van der Waals surface area contributed by atoms with Crippen LogP contribution in [0.4, 0.5) is 4.39 Å². The Hall–Kier alpha value is -0.800. The fourth-order valence-corrected chi connectivity index (χ4v) is 3.59. The molecule has 1 atom stereocenters. The van der Waals surface area contributed by atoms with Crippen LogP contribution >= 0.6 is 23.2 Å². The van der Waals surface area contributed by atoms with E-state index < -0.39 is 5.82 Å². The Bertz CT molecular complexity index is 645. The zero-order chi connectivity index (χ0) is 15.0. The van der Waals surface area contributed by atoms with Crippen molar-refractivity contribution >= 4 is 34.2 Å². The fraction of sp³-hybridized carbons (Fsp3) is 0.562. The summed E-state index contributed by atoms with van der Waals surface area (Å²) < 4.78 is 15.9. The second-order valence-electron chi connectivity index (χ2n) is 5.96. The Morgan fingerprint density at radius 3 is 2.71 bits per heavy atom. The molecule has 0 N–H and O–H groups in total. The van der Waals surface area contributed by atoms with Crippen molar-refractivity contribution in [1.82, 2.24) is 9.55 Å². The lowest BCUT2D eigenvalue weighted by Crippen LogP contribution is -2.16. The Balaban J connectivity index is 2.04. The first kappa shape index (κ1) is 15.1. The van der Waals surface area contributed by atoms with Crippen molar-refractivity contribution in [2.45, 2.75) is 50.9 Å².